The van der Waals surface area contributed by atoms with Crippen LogP contribution in [0.15, 0.2) is 67.0 Å². The Morgan fingerprint density at radius 2 is 1.75 bits per heavy atom. The van der Waals surface area contributed by atoms with Gasteiger partial charge in [0.1, 0.15) is 17.2 Å². The highest BCUT2D eigenvalue weighted by Gasteiger charge is 2.32. The fourth-order valence-electron chi connectivity index (χ4n) is 3.45. The lowest BCUT2D eigenvalue weighted by Gasteiger charge is -2.15. The van der Waals surface area contributed by atoms with Crippen LogP contribution in [0.2, 0.25) is 0 Å². The van der Waals surface area contributed by atoms with Gasteiger partial charge in [0.25, 0.3) is 0 Å². The van der Waals surface area contributed by atoms with Gasteiger partial charge in [0.2, 0.25) is 0 Å². The maximum Gasteiger partial charge on any atom is 0.433 e. The molecule has 2 aromatic carbocycles. The Labute approximate surface area is 205 Å². The second kappa shape index (κ2) is 10.1. The number of nitrogens with zero attached hydrogens (tertiary/aromatic N) is 3. The summed E-state index contributed by atoms with van der Waals surface area (Å²) in [6.45, 7) is 1.95. The highest BCUT2D eigenvalue weighted by atomic mass is 19.4. The van der Waals surface area contributed by atoms with E-state index in [1.165, 1.54) is 6.07 Å². The first-order valence-corrected chi connectivity index (χ1v) is 11.0. The molecule has 0 unspecified atom stereocenters. The van der Waals surface area contributed by atoms with Crippen LogP contribution < -0.4 is 20.3 Å². The van der Waals surface area contributed by atoms with E-state index in [9.17, 15) is 18.0 Å². The van der Waals surface area contributed by atoms with E-state index in [1.54, 1.807) is 30.5 Å². The van der Waals surface area contributed by atoms with E-state index in [0.29, 0.717) is 22.7 Å². The molecule has 2 amide bonds. The van der Waals surface area contributed by atoms with E-state index in [4.69, 9.17) is 4.74 Å². The van der Waals surface area contributed by atoms with Gasteiger partial charge in [-0.25, -0.2) is 4.79 Å². The number of carbonyl (C=O) groups excluding carboxylic acids is 1. The van der Waals surface area contributed by atoms with Gasteiger partial charge in [-0.15, -0.1) is 0 Å². The number of pyridine rings is 2. The number of aromatic nitrogens is 2. The molecule has 2 heterocycles. The van der Waals surface area contributed by atoms with Gasteiger partial charge in [-0.2, -0.15) is 13.2 Å². The summed E-state index contributed by atoms with van der Waals surface area (Å²) in [6.07, 6.45) is -1.65. The minimum atomic E-state index is -4.50. The van der Waals surface area contributed by atoms with Crippen LogP contribution in [-0.2, 0) is 12.7 Å². The van der Waals surface area contributed by atoms with E-state index in [0.717, 1.165) is 34.4 Å². The molecule has 0 aliphatic heterocycles. The molecule has 0 radical (unpaired) electrons. The maximum atomic E-state index is 12.6. The topological polar surface area (TPSA) is 79.4 Å². The van der Waals surface area contributed by atoms with Gasteiger partial charge < -0.3 is 20.3 Å². The van der Waals surface area contributed by atoms with Crippen LogP contribution in [0.4, 0.5) is 29.3 Å². The molecule has 4 rings (SSSR count). The maximum absolute atomic E-state index is 12.6. The van der Waals surface area contributed by atoms with Crippen molar-refractivity contribution in [2.24, 2.45) is 0 Å². The summed E-state index contributed by atoms with van der Waals surface area (Å²) in [5.41, 5.74) is 2.73. The first-order valence-electron chi connectivity index (χ1n) is 11.0. The molecule has 0 fully saturated rings. The Hall–Kier alpha value is -4.34. The molecule has 36 heavy (non-hydrogen) atoms. The summed E-state index contributed by atoms with van der Waals surface area (Å²) >= 11 is 0. The van der Waals surface area contributed by atoms with E-state index in [-0.39, 0.29) is 6.54 Å². The smallest absolute Gasteiger partial charge is 0.433 e. The van der Waals surface area contributed by atoms with Crippen molar-refractivity contribution in [3.63, 3.8) is 0 Å². The van der Waals surface area contributed by atoms with E-state index in [2.05, 4.69) is 20.6 Å². The van der Waals surface area contributed by atoms with Crippen LogP contribution >= 0.6 is 0 Å². The van der Waals surface area contributed by atoms with E-state index in [1.807, 2.05) is 44.1 Å². The number of aryl methyl sites for hydroxylation is 1. The predicted octanol–water partition coefficient (Wildman–Crippen LogP) is 6.14. The molecule has 7 nitrogen and oxygen atoms in total. The number of anilines is 2. The van der Waals surface area contributed by atoms with Crippen molar-refractivity contribution in [1.29, 1.82) is 0 Å². The Morgan fingerprint density at radius 1 is 1.00 bits per heavy atom. The number of nitrogens with one attached hydrogen (secondary N) is 2. The van der Waals surface area contributed by atoms with Crippen molar-refractivity contribution >= 4 is 28.3 Å². The van der Waals surface area contributed by atoms with Crippen molar-refractivity contribution in [3.8, 4) is 11.5 Å². The second-order valence-corrected chi connectivity index (χ2v) is 8.35. The molecule has 0 atom stereocenters. The number of amides is 2. The molecule has 4 aromatic rings. The minimum Gasteiger partial charge on any atom is -0.456 e. The molecule has 0 aliphatic carbocycles. The van der Waals surface area contributed by atoms with Gasteiger partial charge in [-0.1, -0.05) is 6.07 Å². The number of ether oxygens (including phenoxy) is 1. The third-order valence-electron chi connectivity index (χ3n) is 5.40. The SMILES string of the molecule is Cc1cnc2cc(N(C)C)ccc2c1Oc1ccc(NC(=O)NCc2ccc(C(F)(F)F)nc2)cc1. The second-order valence-electron chi connectivity index (χ2n) is 8.35. The van der Waals surface area contributed by atoms with Crippen molar-refractivity contribution < 1.29 is 22.7 Å². The number of benzene rings is 2. The molecule has 0 bridgehead atoms. The van der Waals surface area contributed by atoms with Crippen LogP contribution in [0.1, 0.15) is 16.8 Å². The van der Waals surface area contributed by atoms with Crippen LogP contribution in [0, 0.1) is 6.92 Å². The Kier molecular flexibility index (Phi) is 6.96. The molecule has 186 valence electrons. The minimum absolute atomic E-state index is 0.0299. The number of fused-ring (bicyclic) bond motifs is 1. The van der Waals surface area contributed by atoms with Gasteiger partial charge in [0.05, 0.1) is 5.52 Å². The van der Waals surface area contributed by atoms with Gasteiger partial charge in [-0.3, -0.25) is 9.97 Å². The first-order chi connectivity index (χ1) is 17.1. The molecule has 0 spiro atoms. The van der Waals surface area contributed by atoms with Crippen LogP contribution in [0.25, 0.3) is 10.9 Å². The Bertz CT molecular complexity index is 1370. The molecule has 0 saturated heterocycles. The van der Waals surface area contributed by atoms with Gasteiger partial charge in [0, 0.05) is 55.4 Å². The molecule has 0 aliphatic rings. The number of hydrogen-bond acceptors (Lipinski definition) is 5. The Balaban J connectivity index is 1.38. The fourth-order valence-corrected chi connectivity index (χ4v) is 3.45. The molecular formula is C26H24F3N5O2. The highest BCUT2D eigenvalue weighted by molar-refractivity contribution is 5.90. The van der Waals surface area contributed by atoms with Crippen molar-refractivity contribution in [3.05, 3.63) is 83.8 Å². The number of urea groups is 1. The zero-order valence-corrected chi connectivity index (χ0v) is 19.8. The molecule has 2 aromatic heterocycles. The number of carbonyl (C=O) groups is 1. The van der Waals surface area contributed by atoms with Crippen LogP contribution in [0.3, 0.4) is 0 Å². The number of hydrogen-bond donors (Lipinski definition) is 2. The molecule has 2 N–H and O–H groups in total. The third kappa shape index (κ3) is 5.83. The quantitative estimate of drug-likeness (QED) is 0.336. The standard InChI is InChI=1S/C26H24F3N5O2/c1-16-13-30-22-12-19(34(2)3)7-10-21(22)24(16)36-20-8-5-18(6-9-20)33-25(35)32-15-17-4-11-23(31-14-17)26(27,28)29/h4-14H,15H2,1-3H3,(H2,32,33,35). The lowest BCUT2D eigenvalue weighted by molar-refractivity contribution is -0.141. The van der Waals surface area contributed by atoms with Crippen LogP contribution in [-0.4, -0.2) is 30.1 Å². The molecular weight excluding hydrogens is 471 g/mol. The zero-order valence-electron chi connectivity index (χ0n) is 19.8. The zero-order chi connectivity index (χ0) is 25.9. The largest absolute Gasteiger partial charge is 0.456 e. The average Bonchev–Trinajstić information content (AvgIpc) is 2.85. The van der Waals surface area contributed by atoms with E-state index >= 15 is 0 Å². The van der Waals surface area contributed by atoms with E-state index < -0.39 is 17.9 Å². The van der Waals surface area contributed by atoms with Crippen molar-refractivity contribution in [2.45, 2.75) is 19.6 Å². The summed E-state index contributed by atoms with van der Waals surface area (Å²) in [5.74, 6) is 1.29. The van der Waals surface area contributed by atoms with Gasteiger partial charge >= 0.3 is 12.2 Å². The Morgan fingerprint density at radius 3 is 2.39 bits per heavy atom. The fraction of sp³-hybridized carbons (Fsp3) is 0.192. The molecule has 10 heteroatoms. The predicted molar refractivity (Wildman–Crippen MR) is 132 cm³/mol. The summed E-state index contributed by atoms with van der Waals surface area (Å²) in [5, 5.41) is 6.15. The lowest BCUT2D eigenvalue weighted by Crippen LogP contribution is -2.28. The van der Waals surface area contributed by atoms with Crippen LogP contribution in [0.5, 0.6) is 11.5 Å². The summed E-state index contributed by atoms with van der Waals surface area (Å²) < 4.78 is 44.0. The number of halogens is 3. The normalized spacial score (nSPS) is 11.3. The molecule has 0 saturated carbocycles. The summed E-state index contributed by atoms with van der Waals surface area (Å²) in [6, 6.07) is 14.5. The highest BCUT2D eigenvalue weighted by Crippen LogP contribution is 2.34. The monoisotopic (exact) mass is 495 g/mol. The first kappa shape index (κ1) is 24.8. The van der Waals surface area contributed by atoms with Crippen molar-refractivity contribution in [1.82, 2.24) is 15.3 Å². The lowest BCUT2D eigenvalue weighted by atomic mass is 10.1. The number of rotatable bonds is 6. The van der Waals surface area contributed by atoms with Gasteiger partial charge in [-0.05, 0) is 61.0 Å². The van der Waals surface area contributed by atoms with Gasteiger partial charge in [0.15, 0.2) is 0 Å². The number of alkyl halides is 3. The third-order valence-corrected chi connectivity index (χ3v) is 5.40. The average molecular weight is 496 g/mol. The summed E-state index contributed by atoms with van der Waals surface area (Å²) in [7, 11) is 3.93. The summed E-state index contributed by atoms with van der Waals surface area (Å²) in [4.78, 5) is 22.1. The van der Waals surface area contributed by atoms with Crippen molar-refractivity contribution in [2.75, 3.05) is 24.3 Å².